The lowest BCUT2D eigenvalue weighted by Gasteiger charge is -2.01. The summed E-state index contributed by atoms with van der Waals surface area (Å²) in [7, 11) is 1.28. The van der Waals surface area contributed by atoms with Crippen molar-refractivity contribution >= 4 is 27.4 Å². The maximum Gasteiger partial charge on any atom is 0.311 e. The second kappa shape index (κ2) is 4.21. The Morgan fingerprint density at radius 2 is 2.44 bits per heavy atom. The summed E-state index contributed by atoms with van der Waals surface area (Å²) in [6.07, 6.45) is 3.08. The summed E-state index contributed by atoms with van der Waals surface area (Å²) in [5.74, 6) is -0.876. The number of pyridine rings is 1. The lowest BCUT2D eigenvalue weighted by molar-refractivity contribution is -0.139. The van der Waals surface area contributed by atoms with Gasteiger partial charge in [0.15, 0.2) is 5.82 Å². The van der Waals surface area contributed by atoms with Crippen molar-refractivity contribution in [1.29, 1.82) is 0 Å². The van der Waals surface area contributed by atoms with E-state index in [9.17, 15) is 9.18 Å². The van der Waals surface area contributed by atoms with E-state index in [0.29, 0.717) is 15.7 Å². The monoisotopic (exact) mass is 286 g/mol. The lowest BCUT2D eigenvalue weighted by Crippen LogP contribution is -2.05. The van der Waals surface area contributed by atoms with Crippen LogP contribution in [0.1, 0.15) is 5.69 Å². The summed E-state index contributed by atoms with van der Waals surface area (Å²) < 4.78 is 20.2. The van der Waals surface area contributed by atoms with Crippen molar-refractivity contribution in [1.82, 2.24) is 9.38 Å². The van der Waals surface area contributed by atoms with Crippen LogP contribution in [-0.4, -0.2) is 22.5 Å². The molecule has 0 spiro atoms. The fourth-order valence-electron chi connectivity index (χ4n) is 1.42. The molecule has 0 aliphatic heterocycles. The Bertz CT molecular complexity index is 553. The molecule has 0 saturated heterocycles. The zero-order valence-electron chi connectivity index (χ0n) is 8.41. The fraction of sp³-hybridized carbons (Fsp3) is 0.200. The molecule has 6 heteroatoms. The average molecular weight is 287 g/mol. The molecule has 0 aliphatic rings. The number of nitrogens with zero attached hydrogens (tertiary/aromatic N) is 2. The van der Waals surface area contributed by atoms with Crippen molar-refractivity contribution in [2.45, 2.75) is 6.42 Å². The number of carbonyl (C=O) groups excluding carboxylic acids is 1. The molecule has 84 valence electrons. The van der Waals surface area contributed by atoms with E-state index < -0.39 is 11.8 Å². The van der Waals surface area contributed by atoms with Crippen LogP contribution in [0, 0.1) is 5.82 Å². The third kappa shape index (κ3) is 1.80. The highest BCUT2D eigenvalue weighted by molar-refractivity contribution is 9.10. The van der Waals surface area contributed by atoms with Crippen molar-refractivity contribution in [2.24, 2.45) is 0 Å². The Kier molecular flexibility index (Phi) is 2.91. The quantitative estimate of drug-likeness (QED) is 0.793. The van der Waals surface area contributed by atoms with Gasteiger partial charge in [0.1, 0.15) is 5.52 Å². The molecule has 4 nitrogen and oxygen atoms in total. The van der Waals surface area contributed by atoms with Crippen molar-refractivity contribution in [3.05, 3.63) is 34.6 Å². The van der Waals surface area contributed by atoms with Crippen LogP contribution < -0.4 is 0 Å². The molecule has 16 heavy (non-hydrogen) atoms. The number of fused-ring (bicyclic) bond motifs is 1. The van der Waals surface area contributed by atoms with E-state index in [-0.39, 0.29) is 6.42 Å². The van der Waals surface area contributed by atoms with E-state index in [4.69, 9.17) is 0 Å². The molecule has 2 heterocycles. The molecule has 0 amide bonds. The predicted octanol–water partition coefficient (Wildman–Crippen LogP) is 1.95. The van der Waals surface area contributed by atoms with Crippen molar-refractivity contribution < 1.29 is 13.9 Å². The normalized spacial score (nSPS) is 10.7. The Hall–Kier alpha value is -1.43. The number of hydrogen-bond acceptors (Lipinski definition) is 3. The van der Waals surface area contributed by atoms with Gasteiger partial charge in [0, 0.05) is 6.20 Å². The number of rotatable bonds is 2. The van der Waals surface area contributed by atoms with Crippen molar-refractivity contribution in [3.63, 3.8) is 0 Å². The van der Waals surface area contributed by atoms with Crippen LogP contribution in [0.2, 0.25) is 0 Å². The second-order valence-corrected chi connectivity index (χ2v) is 4.03. The minimum atomic E-state index is -0.444. The van der Waals surface area contributed by atoms with E-state index in [2.05, 4.69) is 25.7 Å². The summed E-state index contributed by atoms with van der Waals surface area (Å²) in [6, 6.07) is 1.58. The van der Waals surface area contributed by atoms with Gasteiger partial charge in [-0.2, -0.15) is 0 Å². The van der Waals surface area contributed by atoms with Crippen LogP contribution in [-0.2, 0) is 16.0 Å². The fourth-order valence-corrected chi connectivity index (χ4v) is 1.73. The van der Waals surface area contributed by atoms with Crippen LogP contribution in [0.5, 0.6) is 0 Å². The summed E-state index contributed by atoms with van der Waals surface area (Å²) in [4.78, 5) is 15.1. The van der Waals surface area contributed by atoms with Crippen molar-refractivity contribution in [2.75, 3.05) is 7.11 Å². The van der Waals surface area contributed by atoms with E-state index in [1.165, 1.54) is 17.8 Å². The van der Waals surface area contributed by atoms with Crippen LogP contribution in [0.3, 0.4) is 0 Å². The molecular formula is C10H8BrFN2O2. The number of esters is 1. The number of aromatic nitrogens is 2. The van der Waals surface area contributed by atoms with Gasteiger partial charge in [-0.05, 0) is 22.0 Å². The molecule has 0 aliphatic carbocycles. The van der Waals surface area contributed by atoms with Crippen LogP contribution in [0.15, 0.2) is 23.1 Å². The van der Waals surface area contributed by atoms with Gasteiger partial charge in [0.25, 0.3) is 0 Å². The predicted molar refractivity (Wildman–Crippen MR) is 58.6 cm³/mol. The van der Waals surface area contributed by atoms with Crippen LogP contribution in [0.25, 0.3) is 5.52 Å². The topological polar surface area (TPSA) is 43.6 Å². The third-order valence-corrected chi connectivity index (χ3v) is 2.82. The molecule has 0 unspecified atom stereocenters. The van der Waals surface area contributed by atoms with Gasteiger partial charge in [0.05, 0.1) is 30.0 Å². The second-order valence-electron chi connectivity index (χ2n) is 3.18. The zero-order chi connectivity index (χ0) is 11.7. The summed E-state index contributed by atoms with van der Waals surface area (Å²) in [5.41, 5.74) is 0.658. The third-order valence-electron chi connectivity index (χ3n) is 2.21. The minimum absolute atomic E-state index is 0.0413. The molecule has 0 saturated carbocycles. The Morgan fingerprint density at radius 3 is 3.12 bits per heavy atom. The smallest absolute Gasteiger partial charge is 0.311 e. The van der Waals surface area contributed by atoms with Crippen molar-refractivity contribution in [3.8, 4) is 0 Å². The summed E-state index contributed by atoms with van der Waals surface area (Å²) >= 11 is 3.09. The molecule has 2 rings (SSSR count). The van der Waals surface area contributed by atoms with Crippen LogP contribution in [0.4, 0.5) is 4.39 Å². The molecule has 0 aromatic carbocycles. The minimum Gasteiger partial charge on any atom is -0.469 e. The molecule has 0 atom stereocenters. The first kappa shape index (κ1) is 11.1. The number of imidazole rings is 1. The molecule has 0 bridgehead atoms. The number of methoxy groups -OCH3 is 1. The number of halogens is 2. The van der Waals surface area contributed by atoms with Crippen LogP contribution >= 0.6 is 15.9 Å². The summed E-state index contributed by atoms with van der Waals surface area (Å²) in [5, 5.41) is 0. The van der Waals surface area contributed by atoms with Gasteiger partial charge < -0.3 is 9.14 Å². The first-order valence-corrected chi connectivity index (χ1v) is 5.29. The van der Waals surface area contributed by atoms with Gasteiger partial charge in [-0.15, -0.1) is 0 Å². The van der Waals surface area contributed by atoms with Gasteiger partial charge >= 0.3 is 5.97 Å². The standard InChI is InChI=1S/C10H8BrFN2O2/c1-16-8(15)4-7-10-9(12)6(11)2-3-14(10)5-13-7/h2-3,5H,4H2,1H3. The molecule has 0 N–H and O–H groups in total. The average Bonchev–Trinajstić information content (AvgIpc) is 2.67. The van der Waals surface area contributed by atoms with Gasteiger partial charge in [0.2, 0.25) is 0 Å². The number of carbonyl (C=O) groups is 1. The maximum atomic E-state index is 13.8. The first-order valence-electron chi connectivity index (χ1n) is 4.50. The molecule has 2 aromatic rings. The van der Waals surface area contributed by atoms with Gasteiger partial charge in [-0.1, -0.05) is 0 Å². The SMILES string of the molecule is COC(=O)Cc1ncn2ccc(Br)c(F)c12. The number of ether oxygens (including phenoxy) is 1. The Morgan fingerprint density at radius 1 is 1.69 bits per heavy atom. The molecule has 2 aromatic heterocycles. The largest absolute Gasteiger partial charge is 0.469 e. The van der Waals surface area contributed by atoms with Gasteiger partial charge in [-0.25, -0.2) is 9.37 Å². The molecule has 0 fully saturated rings. The zero-order valence-corrected chi connectivity index (χ0v) is 9.99. The molecule has 0 radical (unpaired) electrons. The molecular weight excluding hydrogens is 279 g/mol. The number of hydrogen-bond donors (Lipinski definition) is 0. The van der Waals surface area contributed by atoms with Gasteiger partial charge in [-0.3, -0.25) is 4.79 Å². The Labute approximate surface area is 99.2 Å². The highest BCUT2D eigenvalue weighted by Gasteiger charge is 2.15. The van der Waals surface area contributed by atoms with E-state index in [1.54, 1.807) is 12.3 Å². The highest BCUT2D eigenvalue weighted by atomic mass is 79.9. The summed E-state index contributed by atoms with van der Waals surface area (Å²) in [6.45, 7) is 0. The maximum absolute atomic E-state index is 13.8. The van der Waals surface area contributed by atoms with E-state index >= 15 is 0 Å². The lowest BCUT2D eigenvalue weighted by atomic mass is 10.2. The highest BCUT2D eigenvalue weighted by Crippen LogP contribution is 2.22. The van der Waals surface area contributed by atoms with E-state index in [0.717, 1.165) is 0 Å². The first-order chi connectivity index (χ1) is 7.63. The van der Waals surface area contributed by atoms with E-state index in [1.807, 2.05) is 0 Å². The Balaban J connectivity index is 2.54.